The molecule has 0 aliphatic heterocycles. The first kappa shape index (κ1) is 10.9. The lowest BCUT2D eigenvalue weighted by molar-refractivity contribution is -0.146. The SMILES string of the molecule is NC[C@]1(CC(=O)O)C[C@@H]2CCCCC[C@@H]21. The first-order chi connectivity index (χ1) is 7.18. The standard InChI is InChI=1S/C12H21NO2/c13-8-12(7-11(14)15)6-9-4-2-1-3-5-10(9)12/h9-10H,1-8,13H2,(H,14,15)/t9-,10-,12+/m0/s1. The Balaban J connectivity index is 2.05. The van der Waals surface area contributed by atoms with Crippen LogP contribution in [0.3, 0.4) is 0 Å². The molecule has 0 saturated heterocycles. The van der Waals surface area contributed by atoms with Crippen molar-refractivity contribution in [2.45, 2.75) is 44.9 Å². The molecule has 3 N–H and O–H groups in total. The van der Waals surface area contributed by atoms with Gasteiger partial charge in [0.05, 0.1) is 6.42 Å². The van der Waals surface area contributed by atoms with E-state index in [9.17, 15) is 4.79 Å². The zero-order valence-electron chi connectivity index (χ0n) is 9.24. The summed E-state index contributed by atoms with van der Waals surface area (Å²) in [5, 5.41) is 8.95. The minimum Gasteiger partial charge on any atom is -0.481 e. The molecule has 0 bridgehead atoms. The highest BCUT2D eigenvalue weighted by Crippen LogP contribution is 2.57. The third kappa shape index (κ3) is 1.89. The minimum atomic E-state index is -0.678. The van der Waals surface area contributed by atoms with Gasteiger partial charge in [-0.3, -0.25) is 4.79 Å². The Bertz CT molecular complexity index is 254. The van der Waals surface area contributed by atoms with E-state index in [1.165, 1.54) is 32.1 Å². The largest absolute Gasteiger partial charge is 0.481 e. The average molecular weight is 211 g/mol. The Morgan fingerprint density at radius 3 is 2.73 bits per heavy atom. The highest BCUT2D eigenvalue weighted by atomic mass is 16.4. The van der Waals surface area contributed by atoms with E-state index in [-0.39, 0.29) is 11.8 Å². The smallest absolute Gasteiger partial charge is 0.303 e. The third-order valence-corrected chi connectivity index (χ3v) is 4.52. The molecule has 0 unspecified atom stereocenters. The molecular formula is C12H21NO2. The lowest BCUT2D eigenvalue weighted by Gasteiger charge is -2.54. The van der Waals surface area contributed by atoms with Crippen molar-refractivity contribution in [2.75, 3.05) is 6.54 Å². The third-order valence-electron chi connectivity index (χ3n) is 4.52. The van der Waals surface area contributed by atoms with Crippen molar-refractivity contribution in [1.29, 1.82) is 0 Å². The molecule has 2 rings (SSSR count). The van der Waals surface area contributed by atoms with E-state index in [0.717, 1.165) is 12.3 Å². The number of carboxylic acid groups (broad SMARTS) is 1. The number of aliphatic carboxylic acids is 1. The van der Waals surface area contributed by atoms with Gasteiger partial charge in [0.1, 0.15) is 0 Å². The molecular weight excluding hydrogens is 190 g/mol. The van der Waals surface area contributed by atoms with Gasteiger partial charge in [-0.2, -0.15) is 0 Å². The van der Waals surface area contributed by atoms with Gasteiger partial charge in [0, 0.05) is 0 Å². The summed E-state index contributed by atoms with van der Waals surface area (Å²) in [4.78, 5) is 10.9. The Hall–Kier alpha value is -0.570. The maximum Gasteiger partial charge on any atom is 0.303 e. The molecule has 0 radical (unpaired) electrons. The van der Waals surface area contributed by atoms with E-state index in [1.807, 2.05) is 0 Å². The van der Waals surface area contributed by atoms with Crippen molar-refractivity contribution in [3.05, 3.63) is 0 Å². The van der Waals surface area contributed by atoms with Crippen molar-refractivity contribution in [3.8, 4) is 0 Å². The molecule has 15 heavy (non-hydrogen) atoms. The molecule has 0 spiro atoms. The van der Waals surface area contributed by atoms with E-state index < -0.39 is 5.97 Å². The number of hydrogen-bond donors (Lipinski definition) is 2. The van der Waals surface area contributed by atoms with Gasteiger partial charge in [-0.15, -0.1) is 0 Å². The summed E-state index contributed by atoms with van der Waals surface area (Å²) in [5.74, 6) is 0.694. The Morgan fingerprint density at radius 2 is 2.07 bits per heavy atom. The quantitative estimate of drug-likeness (QED) is 0.750. The van der Waals surface area contributed by atoms with Crippen LogP contribution in [0.25, 0.3) is 0 Å². The number of carboxylic acids is 1. The van der Waals surface area contributed by atoms with Crippen LogP contribution < -0.4 is 5.73 Å². The maximum atomic E-state index is 10.9. The minimum absolute atomic E-state index is 0.0547. The summed E-state index contributed by atoms with van der Waals surface area (Å²) in [6.45, 7) is 0.556. The van der Waals surface area contributed by atoms with Crippen LogP contribution in [-0.4, -0.2) is 17.6 Å². The highest BCUT2D eigenvalue weighted by molar-refractivity contribution is 5.68. The van der Waals surface area contributed by atoms with Crippen molar-refractivity contribution in [2.24, 2.45) is 23.0 Å². The fourth-order valence-electron chi connectivity index (χ4n) is 3.76. The number of rotatable bonds is 3. The molecule has 3 atom stereocenters. The maximum absolute atomic E-state index is 10.9. The topological polar surface area (TPSA) is 63.3 Å². The molecule has 0 aromatic heterocycles. The van der Waals surface area contributed by atoms with E-state index in [0.29, 0.717) is 12.5 Å². The summed E-state index contributed by atoms with van der Waals surface area (Å²) in [6, 6.07) is 0. The summed E-state index contributed by atoms with van der Waals surface area (Å²) in [7, 11) is 0. The number of fused-ring (bicyclic) bond motifs is 1. The summed E-state index contributed by atoms with van der Waals surface area (Å²) < 4.78 is 0. The second-order valence-corrected chi connectivity index (χ2v) is 5.35. The molecule has 2 aliphatic carbocycles. The van der Waals surface area contributed by atoms with Gasteiger partial charge in [-0.1, -0.05) is 25.7 Å². The number of nitrogens with two attached hydrogens (primary N) is 1. The van der Waals surface area contributed by atoms with E-state index in [2.05, 4.69) is 0 Å². The molecule has 0 aromatic carbocycles. The van der Waals surface area contributed by atoms with Gasteiger partial charge in [0.2, 0.25) is 0 Å². The lowest BCUT2D eigenvalue weighted by atomic mass is 9.51. The number of hydrogen-bond acceptors (Lipinski definition) is 2. The van der Waals surface area contributed by atoms with Gasteiger partial charge in [-0.25, -0.2) is 0 Å². The van der Waals surface area contributed by atoms with E-state index in [4.69, 9.17) is 10.8 Å². The fraction of sp³-hybridized carbons (Fsp3) is 0.917. The van der Waals surface area contributed by atoms with Gasteiger partial charge in [-0.05, 0) is 36.6 Å². The van der Waals surface area contributed by atoms with Crippen molar-refractivity contribution >= 4 is 5.97 Å². The molecule has 2 fully saturated rings. The summed E-state index contributed by atoms with van der Waals surface area (Å²) in [5.41, 5.74) is 5.76. The highest BCUT2D eigenvalue weighted by Gasteiger charge is 2.53. The van der Waals surface area contributed by atoms with Crippen LogP contribution in [0.2, 0.25) is 0 Å². The van der Waals surface area contributed by atoms with Crippen LogP contribution in [0.4, 0.5) is 0 Å². The van der Waals surface area contributed by atoms with Crippen molar-refractivity contribution in [3.63, 3.8) is 0 Å². The van der Waals surface area contributed by atoms with Crippen LogP contribution >= 0.6 is 0 Å². The van der Waals surface area contributed by atoms with Gasteiger partial charge >= 0.3 is 5.97 Å². The average Bonchev–Trinajstić information content (AvgIpc) is 2.36. The Labute approximate surface area is 91.0 Å². The lowest BCUT2D eigenvalue weighted by Crippen LogP contribution is -2.53. The van der Waals surface area contributed by atoms with E-state index in [1.54, 1.807) is 0 Å². The molecule has 3 heteroatoms. The summed E-state index contributed by atoms with van der Waals surface area (Å²) >= 11 is 0. The molecule has 3 nitrogen and oxygen atoms in total. The fourth-order valence-corrected chi connectivity index (χ4v) is 3.76. The van der Waals surface area contributed by atoms with Crippen LogP contribution in [-0.2, 0) is 4.79 Å². The Kier molecular flexibility index (Phi) is 3.01. The predicted molar refractivity (Wildman–Crippen MR) is 58.4 cm³/mol. The zero-order valence-corrected chi connectivity index (χ0v) is 9.24. The Morgan fingerprint density at radius 1 is 1.33 bits per heavy atom. The van der Waals surface area contributed by atoms with Crippen LogP contribution in [0.5, 0.6) is 0 Å². The second kappa shape index (κ2) is 4.12. The van der Waals surface area contributed by atoms with Crippen LogP contribution in [0.15, 0.2) is 0 Å². The first-order valence-corrected chi connectivity index (χ1v) is 6.10. The molecule has 2 saturated carbocycles. The van der Waals surface area contributed by atoms with Gasteiger partial charge in [0.15, 0.2) is 0 Å². The van der Waals surface area contributed by atoms with Crippen LogP contribution in [0.1, 0.15) is 44.9 Å². The molecule has 0 heterocycles. The summed E-state index contributed by atoms with van der Waals surface area (Å²) in [6.07, 6.45) is 7.75. The molecule has 2 aliphatic rings. The molecule has 86 valence electrons. The zero-order chi connectivity index (χ0) is 10.9. The van der Waals surface area contributed by atoms with Crippen molar-refractivity contribution < 1.29 is 9.90 Å². The predicted octanol–water partition coefficient (Wildman–Crippen LogP) is 2.01. The normalized spacial score (nSPS) is 40.1. The van der Waals surface area contributed by atoms with Crippen molar-refractivity contribution in [1.82, 2.24) is 0 Å². The monoisotopic (exact) mass is 211 g/mol. The van der Waals surface area contributed by atoms with Gasteiger partial charge < -0.3 is 10.8 Å². The molecule has 0 amide bonds. The molecule has 0 aromatic rings. The first-order valence-electron chi connectivity index (χ1n) is 6.10. The second-order valence-electron chi connectivity index (χ2n) is 5.35. The van der Waals surface area contributed by atoms with Crippen LogP contribution in [0, 0.1) is 17.3 Å². The number of carbonyl (C=O) groups is 1. The van der Waals surface area contributed by atoms with Gasteiger partial charge in [0.25, 0.3) is 0 Å². The van der Waals surface area contributed by atoms with E-state index >= 15 is 0 Å².